The quantitative estimate of drug-likeness (QED) is 0.721. The number of rotatable bonds is 6. The summed E-state index contributed by atoms with van der Waals surface area (Å²) in [4.78, 5) is 11.3. The standard InChI is InChI=1S/C13H28N2OS/c1-12(2,3)7-8-17-9-10(11(14)16)15-13(4,5)6/h10,15H,7-9H2,1-6H3,(H2,14,16)/t10-/m1/s1. The summed E-state index contributed by atoms with van der Waals surface area (Å²) in [6.45, 7) is 12.8. The minimum atomic E-state index is -0.261. The number of thioether (sulfide) groups is 1. The molecule has 0 aromatic rings. The van der Waals surface area contributed by atoms with Crippen LogP contribution in [0.4, 0.5) is 0 Å². The maximum atomic E-state index is 11.3. The van der Waals surface area contributed by atoms with Crippen molar-refractivity contribution >= 4 is 17.7 Å². The molecule has 1 amide bonds. The molecule has 0 aromatic heterocycles. The van der Waals surface area contributed by atoms with E-state index < -0.39 is 0 Å². The van der Waals surface area contributed by atoms with Crippen molar-refractivity contribution in [3.8, 4) is 0 Å². The van der Waals surface area contributed by atoms with Crippen molar-refractivity contribution in [3.63, 3.8) is 0 Å². The summed E-state index contributed by atoms with van der Waals surface area (Å²) in [5, 5.41) is 3.26. The predicted octanol–water partition coefficient (Wildman–Crippen LogP) is 2.40. The Morgan fingerprint density at radius 2 is 1.76 bits per heavy atom. The van der Waals surface area contributed by atoms with Gasteiger partial charge in [0.25, 0.3) is 0 Å². The Morgan fingerprint density at radius 1 is 1.24 bits per heavy atom. The van der Waals surface area contributed by atoms with Crippen LogP contribution in [0, 0.1) is 5.41 Å². The zero-order valence-corrected chi connectivity index (χ0v) is 12.9. The molecule has 3 N–H and O–H groups in total. The Labute approximate surface area is 110 Å². The van der Waals surface area contributed by atoms with Crippen molar-refractivity contribution in [2.75, 3.05) is 11.5 Å². The first-order valence-corrected chi connectivity index (χ1v) is 7.31. The third kappa shape index (κ3) is 10.6. The molecule has 0 aliphatic heterocycles. The highest BCUT2D eigenvalue weighted by Crippen LogP contribution is 2.21. The van der Waals surface area contributed by atoms with Gasteiger partial charge in [0, 0.05) is 11.3 Å². The largest absolute Gasteiger partial charge is 0.368 e. The van der Waals surface area contributed by atoms with Crippen molar-refractivity contribution in [1.82, 2.24) is 5.32 Å². The Bertz CT molecular complexity index is 241. The van der Waals surface area contributed by atoms with Crippen LogP contribution in [0.3, 0.4) is 0 Å². The maximum absolute atomic E-state index is 11.3. The maximum Gasteiger partial charge on any atom is 0.235 e. The lowest BCUT2D eigenvalue weighted by atomic mass is 9.94. The van der Waals surface area contributed by atoms with E-state index in [2.05, 4.69) is 26.1 Å². The highest BCUT2D eigenvalue weighted by molar-refractivity contribution is 7.99. The van der Waals surface area contributed by atoms with Gasteiger partial charge in [-0.05, 0) is 38.4 Å². The van der Waals surface area contributed by atoms with Gasteiger partial charge < -0.3 is 11.1 Å². The van der Waals surface area contributed by atoms with Gasteiger partial charge in [-0.1, -0.05) is 20.8 Å². The van der Waals surface area contributed by atoms with Crippen LogP contribution in [-0.2, 0) is 4.79 Å². The van der Waals surface area contributed by atoms with Crippen molar-refractivity contribution in [2.24, 2.45) is 11.1 Å². The molecule has 0 saturated heterocycles. The molecule has 0 aromatic carbocycles. The average Bonchev–Trinajstić information content (AvgIpc) is 2.06. The molecule has 4 heteroatoms. The van der Waals surface area contributed by atoms with Crippen LogP contribution in [0.2, 0.25) is 0 Å². The smallest absolute Gasteiger partial charge is 0.235 e. The summed E-state index contributed by atoms with van der Waals surface area (Å²) in [5.41, 5.74) is 5.67. The lowest BCUT2D eigenvalue weighted by Gasteiger charge is -2.26. The van der Waals surface area contributed by atoms with Crippen LogP contribution in [0.25, 0.3) is 0 Å². The Kier molecular flexibility index (Phi) is 6.56. The SMILES string of the molecule is CC(C)(C)CCSC[C@@H](NC(C)(C)C)C(N)=O. The normalized spacial score (nSPS) is 14.7. The van der Waals surface area contributed by atoms with E-state index in [0.29, 0.717) is 5.41 Å². The van der Waals surface area contributed by atoms with Gasteiger partial charge in [0.05, 0.1) is 6.04 Å². The van der Waals surface area contributed by atoms with Gasteiger partial charge in [0.15, 0.2) is 0 Å². The van der Waals surface area contributed by atoms with Crippen molar-refractivity contribution in [2.45, 2.75) is 59.5 Å². The second-order valence-corrected chi connectivity index (χ2v) is 7.88. The van der Waals surface area contributed by atoms with E-state index in [9.17, 15) is 4.79 Å². The zero-order valence-electron chi connectivity index (χ0n) is 12.1. The molecule has 3 nitrogen and oxygen atoms in total. The highest BCUT2D eigenvalue weighted by atomic mass is 32.2. The summed E-state index contributed by atoms with van der Waals surface area (Å²) in [6.07, 6.45) is 1.15. The first-order chi connectivity index (χ1) is 7.51. The minimum Gasteiger partial charge on any atom is -0.368 e. The summed E-state index contributed by atoms with van der Waals surface area (Å²) < 4.78 is 0. The molecule has 102 valence electrons. The van der Waals surface area contributed by atoms with E-state index in [1.165, 1.54) is 0 Å². The summed E-state index contributed by atoms with van der Waals surface area (Å²) in [7, 11) is 0. The molecule has 0 saturated carbocycles. The Morgan fingerprint density at radius 3 is 2.12 bits per heavy atom. The fraction of sp³-hybridized carbons (Fsp3) is 0.923. The van der Waals surface area contributed by atoms with Crippen LogP contribution >= 0.6 is 11.8 Å². The number of amides is 1. The molecule has 0 radical (unpaired) electrons. The second kappa shape index (κ2) is 6.64. The fourth-order valence-corrected chi connectivity index (χ4v) is 2.70. The molecule has 0 bridgehead atoms. The number of hydrogen-bond donors (Lipinski definition) is 2. The minimum absolute atomic E-state index is 0.0791. The molecule has 0 aliphatic carbocycles. The van der Waals surface area contributed by atoms with Crippen LogP contribution in [-0.4, -0.2) is 29.0 Å². The zero-order chi connectivity index (χ0) is 13.7. The molecular weight excluding hydrogens is 232 g/mol. The number of hydrogen-bond acceptors (Lipinski definition) is 3. The first kappa shape index (κ1) is 16.8. The molecule has 0 unspecified atom stereocenters. The Hall–Kier alpha value is -0.220. The van der Waals surface area contributed by atoms with E-state index in [4.69, 9.17) is 5.73 Å². The highest BCUT2D eigenvalue weighted by Gasteiger charge is 2.21. The monoisotopic (exact) mass is 260 g/mol. The van der Waals surface area contributed by atoms with E-state index >= 15 is 0 Å². The predicted molar refractivity (Wildman–Crippen MR) is 77.3 cm³/mol. The molecule has 0 fully saturated rings. The second-order valence-electron chi connectivity index (χ2n) is 6.73. The van der Waals surface area contributed by atoms with Gasteiger partial charge >= 0.3 is 0 Å². The van der Waals surface area contributed by atoms with Gasteiger partial charge in [-0.3, -0.25) is 4.79 Å². The third-order valence-corrected chi connectivity index (χ3v) is 3.29. The summed E-state index contributed by atoms with van der Waals surface area (Å²) >= 11 is 1.79. The van der Waals surface area contributed by atoms with Crippen molar-refractivity contribution in [3.05, 3.63) is 0 Å². The number of carbonyl (C=O) groups excluding carboxylic acids is 1. The molecule has 0 spiro atoms. The third-order valence-electron chi connectivity index (χ3n) is 2.23. The number of primary amides is 1. The van der Waals surface area contributed by atoms with Crippen molar-refractivity contribution in [1.29, 1.82) is 0 Å². The first-order valence-electron chi connectivity index (χ1n) is 6.16. The summed E-state index contributed by atoms with van der Waals surface area (Å²) in [6, 6.07) is -0.236. The van der Waals surface area contributed by atoms with Crippen LogP contribution < -0.4 is 11.1 Å². The van der Waals surface area contributed by atoms with Gasteiger partial charge in [-0.15, -0.1) is 0 Å². The topological polar surface area (TPSA) is 55.1 Å². The van der Waals surface area contributed by atoms with Gasteiger partial charge in [-0.2, -0.15) is 11.8 Å². The van der Waals surface area contributed by atoms with Crippen molar-refractivity contribution < 1.29 is 4.79 Å². The van der Waals surface area contributed by atoms with Gasteiger partial charge in [0.1, 0.15) is 0 Å². The molecule has 0 heterocycles. The molecular formula is C13H28N2OS. The van der Waals surface area contributed by atoms with Crippen LogP contribution in [0.1, 0.15) is 48.0 Å². The summed E-state index contributed by atoms with van der Waals surface area (Å²) in [5.74, 6) is 1.56. The molecule has 17 heavy (non-hydrogen) atoms. The van der Waals surface area contributed by atoms with Gasteiger partial charge in [-0.25, -0.2) is 0 Å². The molecule has 0 rings (SSSR count). The Balaban J connectivity index is 3.99. The number of carbonyl (C=O) groups is 1. The van der Waals surface area contributed by atoms with E-state index in [0.717, 1.165) is 17.9 Å². The van der Waals surface area contributed by atoms with Crippen LogP contribution in [0.5, 0.6) is 0 Å². The van der Waals surface area contributed by atoms with E-state index in [-0.39, 0.29) is 17.5 Å². The number of nitrogens with one attached hydrogen (secondary N) is 1. The van der Waals surface area contributed by atoms with Crippen LogP contribution in [0.15, 0.2) is 0 Å². The van der Waals surface area contributed by atoms with Gasteiger partial charge in [0.2, 0.25) is 5.91 Å². The fourth-order valence-electron chi connectivity index (χ4n) is 1.30. The molecule has 1 atom stereocenters. The van der Waals surface area contributed by atoms with E-state index in [1.807, 2.05) is 20.8 Å². The van der Waals surface area contributed by atoms with E-state index in [1.54, 1.807) is 11.8 Å². The lowest BCUT2D eigenvalue weighted by molar-refractivity contribution is -0.119. The molecule has 0 aliphatic rings. The average molecular weight is 260 g/mol. The lowest BCUT2D eigenvalue weighted by Crippen LogP contribution is -2.51. The number of nitrogens with two attached hydrogens (primary N) is 1.